The lowest BCUT2D eigenvalue weighted by Gasteiger charge is -2.19. The van der Waals surface area contributed by atoms with Crippen molar-refractivity contribution in [1.82, 2.24) is 4.72 Å². The Balaban J connectivity index is 1.86. The zero-order valence-electron chi connectivity index (χ0n) is 14.1. The van der Waals surface area contributed by atoms with Gasteiger partial charge in [0.25, 0.3) is 0 Å². The maximum Gasteiger partial charge on any atom is 0.242 e. The summed E-state index contributed by atoms with van der Waals surface area (Å²) in [6, 6.07) is 10.7. The number of sulfonamides is 1. The van der Waals surface area contributed by atoms with Crippen LogP contribution < -0.4 is 9.62 Å². The molecule has 0 bridgehead atoms. The van der Waals surface area contributed by atoms with E-state index in [1.807, 2.05) is 24.3 Å². The maximum atomic E-state index is 12.9. The van der Waals surface area contributed by atoms with Crippen LogP contribution in [0.2, 0.25) is 5.02 Å². The number of hydrogen-bond acceptors (Lipinski definition) is 3. The number of amides is 1. The summed E-state index contributed by atoms with van der Waals surface area (Å²) in [6.45, 7) is 2.15. The van der Waals surface area contributed by atoms with Gasteiger partial charge in [-0.05, 0) is 42.2 Å². The molecule has 1 amide bonds. The molecule has 0 aromatic heterocycles. The Bertz CT molecular complexity index is 963. The van der Waals surface area contributed by atoms with E-state index in [4.69, 9.17) is 11.6 Å². The van der Waals surface area contributed by atoms with Crippen molar-refractivity contribution in [1.29, 1.82) is 0 Å². The summed E-state index contributed by atoms with van der Waals surface area (Å²) in [7, 11) is -3.77. The van der Waals surface area contributed by atoms with E-state index < -0.39 is 10.0 Å². The van der Waals surface area contributed by atoms with Crippen molar-refractivity contribution in [3.63, 3.8) is 0 Å². The molecule has 0 unspecified atom stereocenters. The topological polar surface area (TPSA) is 66.5 Å². The molecule has 3 rings (SSSR count). The molecule has 2 aromatic rings. The van der Waals surface area contributed by atoms with Crippen molar-refractivity contribution >= 4 is 49.1 Å². The molecule has 1 N–H and O–H groups in total. The summed E-state index contributed by atoms with van der Waals surface area (Å²) in [5.74, 6) is -0.168. The van der Waals surface area contributed by atoms with Gasteiger partial charge < -0.3 is 4.90 Å². The second kappa shape index (κ2) is 7.68. The first-order valence-corrected chi connectivity index (χ1v) is 10.8. The predicted octanol–water partition coefficient (Wildman–Crippen LogP) is 3.53. The van der Waals surface area contributed by atoms with Crippen molar-refractivity contribution in [2.24, 2.45) is 0 Å². The van der Waals surface area contributed by atoms with Crippen LogP contribution in [-0.4, -0.2) is 27.4 Å². The van der Waals surface area contributed by atoms with E-state index >= 15 is 0 Å². The Morgan fingerprint density at radius 3 is 2.73 bits per heavy atom. The monoisotopic (exact) mass is 456 g/mol. The van der Waals surface area contributed by atoms with Crippen molar-refractivity contribution in [3.05, 3.63) is 57.0 Å². The lowest BCUT2D eigenvalue weighted by Crippen LogP contribution is -2.31. The van der Waals surface area contributed by atoms with Crippen molar-refractivity contribution in [3.8, 4) is 0 Å². The number of rotatable bonds is 5. The first kappa shape index (κ1) is 19.4. The molecule has 1 aliphatic heterocycles. The number of carbonyl (C=O) groups is 1. The fraction of sp³-hybridized carbons (Fsp3) is 0.278. The summed E-state index contributed by atoms with van der Waals surface area (Å²) in [5.41, 5.74) is 2.20. The highest BCUT2D eigenvalue weighted by molar-refractivity contribution is 9.10. The van der Waals surface area contributed by atoms with Crippen LogP contribution in [0.25, 0.3) is 0 Å². The average molecular weight is 458 g/mol. The summed E-state index contributed by atoms with van der Waals surface area (Å²) < 4.78 is 29.1. The first-order chi connectivity index (χ1) is 12.3. The molecule has 0 fully saturated rings. The van der Waals surface area contributed by atoms with E-state index in [1.165, 1.54) is 17.9 Å². The highest BCUT2D eigenvalue weighted by Crippen LogP contribution is 2.37. The number of hydrogen-bond donors (Lipinski definition) is 1. The molecule has 0 saturated carbocycles. The normalized spacial score (nSPS) is 13.7. The van der Waals surface area contributed by atoms with Crippen LogP contribution in [-0.2, 0) is 27.7 Å². The van der Waals surface area contributed by atoms with Gasteiger partial charge in [-0.25, -0.2) is 13.1 Å². The second-order valence-corrected chi connectivity index (χ2v) is 9.13. The van der Waals surface area contributed by atoms with Crippen LogP contribution >= 0.6 is 27.5 Å². The van der Waals surface area contributed by atoms with Crippen LogP contribution in [0.5, 0.6) is 0 Å². The number of nitrogens with zero attached hydrogens (tertiary/aromatic N) is 1. The van der Waals surface area contributed by atoms with Crippen LogP contribution in [0.1, 0.15) is 18.1 Å². The van der Waals surface area contributed by atoms with Gasteiger partial charge in [0.2, 0.25) is 15.9 Å². The third-order valence-corrected chi connectivity index (χ3v) is 6.61. The highest BCUT2D eigenvalue weighted by atomic mass is 79.9. The average Bonchev–Trinajstić information content (AvgIpc) is 2.99. The molecule has 138 valence electrons. The van der Waals surface area contributed by atoms with Gasteiger partial charge in [-0.1, -0.05) is 45.7 Å². The van der Waals surface area contributed by atoms with Gasteiger partial charge in [0.15, 0.2) is 0 Å². The molecule has 1 heterocycles. The van der Waals surface area contributed by atoms with E-state index in [1.54, 1.807) is 6.07 Å². The highest BCUT2D eigenvalue weighted by Gasteiger charge is 2.31. The fourth-order valence-corrected chi connectivity index (χ4v) is 5.28. The van der Waals surface area contributed by atoms with Gasteiger partial charge in [0.1, 0.15) is 4.90 Å². The fourth-order valence-electron chi connectivity index (χ4n) is 3.09. The zero-order chi connectivity index (χ0) is 18.9. The molecule has 1 aliphatic rings. The van der Waals surface area contributed by atoms with E-state index in [-0.39, 0.29) is 17.3 Å². The third kappa shape index (κ3) is 3.96. The largest absolute Gasteiger partial charge is 0.311 e. The standard InChI is InChI=1S/C18H18BrClN2O3S/c1-12(23)22-9-7-14-10-15(19)11-17(18(14)22)26(24,25)21-8-6-13-4-2-3-5-16(13)20/h2-5,10-11,21H,6-9H2,1H3. The lowest BCUT2D eigenvalue weighted by atomic mass is 10.1. The minimum absolute atomic E-state index is 0.119. The van der Waals surface area contributed by atoms with E-state index in [9.17, 15) is 13.2 Å². The minimum atomic E-state index is -3.77. The summed E-state index contributed by atoms with van der Waals surface area (Å²) in [6.07, 6.45) is 1.11. The van der Waals surface area contributed by atoms with E-state index in [0.717, 1.165) is 11.1 Å². The predicted molar refractivity (Wildman–Crippen MR) is 106 cm³/mol. The summed E-state index contributed by atoms with van der Waals surface area (Å²) in [5, 5.41) is 0.609. The number of fused-ring (bicyclic) bond motifs is 1. The molecule has 2 aromatic carbocycles. The Hall–Kier alpha value is -1.41. The number of anilines is 1. The maximum absolute atomic E-state index is 12.9. The van der Waals surface area contributed by atoms with E-state index in [0.29, 0.717) is 34.6 Å². The van der Waals surface area contributed by atoms with Gasteiger partial charge in [-0.15, -0.1) is 0 Å². The van der Waals surface area contributed by atoms with Gasteiger partial charge in [-0.3, -0.25) is 4.79 Å². The molecule has 5 nitrogen and oxygen atoms in total. The first-order valence-electron chi connectivity index (χ1n) is 8.13. The van der Waals surface area contributed by atoms with Crippen LogP contribution in [0.3, 0.4) is 0 Å². The van der Waals surface area contributed by atoms with Crippen LogP contribution in [0.4, 0.5) is 5.69 Å². The van der Waals surface area contributed by atoms with Gasteiger partial charge in [0.05, 0.1) is 5.69 Å². The van der Waals surface area contributed by atoms with Crippen molar-refractivity contribution < 1.29 is 13.2 Å². The van der Waals surface area contributed by atoms with Crippen LogP contribution in [0, 0.1) is 0 Å². The van der Waals surface area contributed by atoms with Crippen LogP contribution in [0.15, 0.2) is 45.8 Å². The Morgan fingerprint density at radius 1 is 1.31 bits per heavy atom. The molecule has 0 atom stereocenters. The smallest absolute Gasteiger partial charge is 0.242 e. The SMILES string of the molecule is CC(=O)N1CCc2cc(Br)cc(S(=O)(=O)NCCc3ccccc3Cl)c21. The third-order valence-electron chi connectivity index (χ3n) is 4.31. The van der Waals surface area contributed by atoms with Gasteiger partial charge in [-0.2, -0.15) is 0 Å². The molecule has 0 spiro atoms. The Kier molecular flexibility index (Phi) is 5.72. The molecule has 8 heteroatoms. The molecular weight excluding hydrogens is 440 g/mol. The quantitative estimate of drug-likeness (QED) is 0.747. The molecule has 0 aliphatic carbocycles. The number of benzene rings is 2. The van der Waals surface area contributed by atoms with Gasteiger partial charge in [0, 0.05) is 29.5 Å². The number of nitrogens with one attached hydrogen (secondary N) is 1. The Labute approximate surface area is 166 Å². The molecular formula is C18H18BrClN2O3S. The van der Waals surface area contributed by atoms with E-state index in [2.05, 4.69) is 20.7 Å². The van der Waals surface area contributed by atoms with Gasteiger partial charge >= 0.3 is 0 Å². The summed E-state index contributed by atoms with van der Waals surface area (Å²) in [4.78, 5) is 13.5. The minimum Gasteiger partial charge on any atom is -0.311 e. The lowest BCUT2D eigenvalue weighted by molar-refractivity contribution is -0.116. The summed E-state index contributed by atoms with van der Waals surface area (Å²) >= 11 is 9.48. The molecule has 0 radical (unpaired) electrons. The Morgan fingerprint density at radius 2 is 2.04 bits per heavy atom. The van der Waals surface area contributed by atoms with Crippen molar-refractivity contribution in [2.75, 3.05) is 18.0 Å². The molecule has 26 heavy (non-hydrogen) atoms. The zero-order valence-corrected chi connectivity index (χ0v) is 17.3. The number of halogens is 2. The molecule has 0 saturated heterocycles. The number of carbonyl (C=O) groups excluding carboxylic acids is 1. The second-order valence-electron chi connectivity index (χ2n) is 6.07. The van der Waals surface area contributed by atoms with Crippen molar-refractivity contribution in [2.45, 2.75) is 24.7 Å².